The standard InChI is InChI=1S/C13H20N4O/c1-17-6-3-11(4-7-17)16-13(18)10-2-5-15-12(8-10)9-14/h2,5,8,11H,3-4,6-7,9,14H2,1H3,(H,16,18). The highest BCUT2D eigenvalue weighted by atomic mass is 16.1. The van der Waals surface area contributed by atoms with E-state index >= 15 is 0 Å². The Hall–Kier alpha value is -1.46. The third-order valence-electron chi connectivity index (χ3n) is 3.34. The van der Waals surface area contributed by atoms with E-state index in [0.717, 1.165) is 31.6 Å². The molecule has 0 aromatic carbocycles. The summed E-state index contributed by atoms with van der Waals surface area (Å²) in [6.45, 7) is 2.43. The lowest BCUT2D eigenvalue weighted by atomic mass is 10.0. The van der Waals surface area contributed by atoms with Gasteiger partial charge < -0.3 is 16.0 Å². The van der Waals surface area contributed by atoms with Crippen molar-refractivity contribution in [1.29, 1.82) is 0 Å². The number of nitrogens with zero attached hydrogens (tertiary/aromatic N) is 2. The van der Waals surface area contributed by atoms with E-state index in [2.05, 4.69) is 22.2 Å². The third-order valence-corrected chi connectivity index (χ3v) is 3.34. The molecule has 1 aromatic rings. The molecule has 2 heterocycles. The van der Waals surface area contributed by atoms with Crippen LogP contribution in [0.25, 0.3) is 0 Å². The zero-order valence-electron chi connectivity index (χ0n) is 10.7. The van der Waals surface area contributed by atoms with Gasteiger partial charge in [-0.1, -0.05) is 0 Å². The monoisotopic (exact) mass is 248 g/mol. The first-order valence-electron chi connectivity index (χ1n) is 6.33. The largest absolute Gasteiger partial charge is 0.349 e. The van der Waals surface area contributed by atoms with Crippen LogP contribution in [0.5, 0.6) is 0 Å². The number of amides is 1. The average Bonchev–Trinajstić information content (AvgIpc) is 2.41. The molecule has 0 spiro atoms. The summed E-state index contributed by atoms with van der Waals surface area (Å²) in [5.41, 5.74) is 6.90. The highest BCUT2D eigenvalue weighted by Crippen LogP contribution is 2.09. The zero-order valence-corrected chi connectivity index (χ0v) is 10.7. The molecule has 0 radical (unpaired) electrons. The molecule has 0 unspecified atom stereocenters. The second-order valence-electron chi connectivity index (χ2n) is 4.79. The molecule has 1 aliphatic rings. The Kier molecular flexibility index (Phi) is 4.28. The van der Waals surface area contributed by atoms with E-state index in [1.54, 1.807) is 18.3 Å². The zero-order chi connectivity index (χ0) is 13.0. The molecule has 3 N–H and O–H groups in total. The number of aromatic nitrogens is 1. The first kappa shape index (κ1) is 13.0. The van der Waals surface area contributed by atoms with E-state index in [4.69, 9.17) is 5.73 Å². The molecule has 0 atom stereocenters. The maximum atomic E-state index is 12.1. The molecular weight excluding hydrogens is 228 g/mol. The molecule has 1 saturated heterocycles. The minimum Gasteiger partial charge on any atom is -0.349 e. The summed E-state index contributed by atoms with van der Waals surface area (Å²) < 4.78 is 0. The predicted molar refractivity (Wildman–Crippen MR) is 70.1 cm³/mol. The van der Waals surface area contributed by atoms with E-state index in [1.165, 1.54) is 0 Å². The lowest BCUT2D eigenvalue weighted by molar-refractivity contribution is 0.0916. The lowest BCUT2D eigenvalue weighted by Crippen LogP contribution is -2.43. The summed E-state index contributed by atoms with van der Waals surface area (Å²) in [6, 6.07) is 3.76. The molecule has 18 heavy (non-hydrogen) atoms. The second-order valence-corrected chi connectivity index (χ2v) is 4.79. The van der Waals surface area contributed by atoms with Crippen molar-refractivity contribution in [2.75, 3.05) is 20.1 Å². The summed E-state index contributed by atoms with van der Waals surface area (Å²) in [5.74, 6) is -0.0262. The number of nitrogens with one attached hydrogen (secondary N) is 1. The molecule has 0 saturated carbocycles. The smallest absolute Gasteiger partial charge is 0.251 e. The van der Waals surface area contributed by atoms with Crippen LogP contribution in [-0.2, 0) is 6.54 Å². The van der Waals surface area contributed by atoms with Crippen LogP contribution in [0.15, 0.2) is 18.3 Å². The van der Waals surface area contributed by atoms with Crippen LogP contribution in [0.3, 0.4) is 0 Å². The summed E-state index contributed by atoms with van der Waals surface area (Å²) in [7, 11) is 2.11. The maximum Gasteiger partial charge on any atom is 0.251 e. The second kappa shape index (κ2) is 5.93. The van der Waals surface area contributed by atoms with E-state index in [9.17, 15) is 4.79 Å². The van der Waals surface area contributed by atoms with Crippen LogP contribution in [0.1, 0.15) is 28.9 Å². The van der Waals surface area contributed by atoms with E-state index in [-0.39, 0.29) is 11.9 Å². The van der Waals surface area contributed by atoms with Gasteiger partial charge in [-0.15, -0.1) is 0 Å². The van der Waals surface area contributed by atoms with Crippen LogP contribution < -0.4 is 11.1 Å². The summed E-state index contributed by atoms with van der Waals surface area (Å²) in [5, 5.41) is 3.07. The predicted octanol–water partition coefficient (Wildman–Crippen LogP) is 0.364. The molecule has 2 rings (SSSR count). The van der Waals surface area contributed by atoms with Gasteiger partial charge in [0.2, 0.25) is 0 Å². The van der Waals surface area contributed by atoms with Crippen molar-refractivity contribution in [3.8, 4) is 0 Å². The molecular formula is C13H20N4O. The van der Waals surface area contributed by atoms with E-state index < -0.39 is 0 Å². The Morgan fingerprint density at radius 3 is 2.94 bits per heavy atom. The number of hydrogen-bond acceptors (Lipinski definition) is 4. The third kappa shape index (κ3) is 3.27. The van der Waals surface area contributed by atoms with Gasteiger partial charge in [-0.25, -0.2) is 0 Å². The van der Waals surface area contributed by atoms with Gasteiger partial charge in [-0.2, -0.15) is 0 Å². The molecule has 98 valence electrons. The van der Waals surface area contributed by atoms with Crippen LogP contribution in [0.4, 0.5) is 0 Å². The van der Waals surface area contributed by atoms with Gasteiger partial charge in [0.15, 0.2) is 0 Å². The first-order valence-corrected chi connectivity index (χ1v) is 6.33. The van der Waals surface area contributed by atoms with Crippen molar-refractivity contribution in [2.24, 2.45) is 5.73 Å². The van der Waals surface area contributed by atoms with Gasteiger partial charge in [0.25, 0.3) is 5.91 Å². The Balaban J connectivity index is 1.94. The van der Waals surface area contributed by atoms with E-state index in [0.29, 0.717) is 12.1 Å². The lowest BCUT2D eigenvalue weighted by Gasteiger charge is -2.29. The number of carbonyl (C=O) groups is 1. The van der Waals surface area contributed by atoms with Crippen LogP contribution >= 0.6 is 0 Å². The minimum absolute atomic E-state index is 0.0262. The fourth-order valence-corrected chi connectivity index (χ4v) is 2.15. The van der Waals surface area contributed by atoms with Gasteiger partial charge in [-0.3, -0.25) is 9.78 Å². The maximum absolute atomic E-state index is 12.1. The van der Waals surface area contributed by atoms with Crippen LogP contribution in [-0.4, -0.2) is 42.0 Å². The number of hydrogen-bond donors (Lipinski definition) is 2. The van der Waals surface area contributed by atoms with Crippen molar-refractivity contribution >= 4 is 5.91 Å². The van der Waals surface area contributed by atoms with Crippen molar-refractivity contribution in [3.05, 3.63) is 29.6 Å². The van der Waals surface area contributed by atoms with Crippen molar-refractivity contribution < 1.29 is 4.79 Å². The van der Waals surface area contributed by atoms with Gasteiger partial charge in [0, 0.05) is 24.3 Å². The number of nitrogens with two attached hydrogens (primary N) is 1. The normalized spacial score (nSPS) is 17.7. The molecule has 1 amide bonds. The molecule has 1 aromatic heterocycles. The Labute approximate surface area is 107 Å². The Morgan fingerprint density at radius 1 is 1.56 bits per heavy atom. The fourth-order valence-electron chi connectivity index (χ4n) is 2.15. The average molecular weight is 248 g/mol. The Morgan fingerprint density at radius 2 is 2.28 bits per heavy atom. The molecule has 5 nitrogen and oxygen atoms in total. The SMILES string of the molecule is CN1CCC(NC(=O)c2ccnc(CN)c2)CC1. The summed E-state index contributed by atoms with van der Waals surface area (Å²) in [6.07, 6.45) is 3.65. The van der Waals surface area contributed by atoms with Crippen molar-refractivity contribution in [1.82, 2.24) is 15.2 Å². The number of pyridine rings is 1. The number of likely N-dealkylation sites (tertiary alicyclic amines) is 1. The number of rotatable bonds is 3. The van der Waals surface area contributed by atoms with Crippen molar-refractivity contribution in [3.63, 3.8) is 0 Å². The van der Waals surface area contributed by atoms with Gasteiger partial charge in [0.05, 0.1) is 5.69 Å². The molecule has 1 fully saturated rings. The summed E-state index contributed by atoms with van der Waals surface area (Å²) >= 11 is 0. The fraction of sp³-hybridized carbons (Fsp3) is 0.538. The molecule has 0 aliphatic carbocycles. The van der Waals surface area contributed by atoms with Gasteiger partial charge >= 0.3 is 0 Å². The number of piperidine rings is 1. The molecule has 0 bridgehead atoms. The summed E-state index contributed by atoms with van der Waals surface area (Å²) in [4.78, 5) is 18.4. The van der Waals surface area contributed by atoms with Crippen LogP contribution in [0, 0.1) is 0 Å². The Bertz CT molecular complexity index is 413. The van der Waals surface area contributed by atoms with Crippen LogP contribution in [0.2, 0.25) is 0 Å². The quantitative estimate of drug-likeness (QED) is 0.810. The minimum atomic E-state index is -0.0262. The molecule has 5 heteroatoms. The highest BCUT2D eigenvalue weighted by molar-refractivity contribution is 5.94. The topological polar surface area (TPSA) is 71.2 Å². The molecule has 1 aliphatic heterocycles. The van der Waals surface area contributed by atoms with Gasteiger partial charge in [-0.05, 0) is 45.1 Å². The highest BCUT2D eigenvalue weighted by Gasteiger charge is 2.19. The first-order chi connectivity index (χ1) is 8.69. The van der Waals surface area contributed by atoms with Crippen molar-refractivity contribution in [2.45, 2.75) is 25.4 Å². The number of carbonyl (C=O) groups excluding carboxylic acids is 1. The van der Waals surface area contributed by atoms with E-state index in [1.807, 2.05) is 0 Å². The van der Waals surface area contributed by atoms with Gasteiger partial charge in [0.1, 0.15) is 0 Å².